The second kappa shape index (κ2) is 3.97. The van der Waals surface area contributed by atoms with Gasteiger partial charge in [-0.3, -0.25) is 0 Å². The lowest BCUT2D eigenvalue weighted by atomic mass is 10.1. The van der Waals surface area contributed by atoms with E-state index in [1.807, 2.05) is 0 Å². The molecule has 0 spiro atoms. The fourth-order valence-corrected chi connectivity index (χ4v) is 1.96. The monoisotopic (exact) mass is 268 g/mol. The Balaban J connectivity index is 2.33. The molecule has 100 valence electrons. The highest BCUT2D eigenvalue weighted by Crippen LogP contribution is 2.35. The predicted octanol–water partition coefficient (Wildman–Crippen LogP) is 2.51. The molecule has 1 fully saturated rings. The van der Waals surface area contributed by atoms with Crippen molar-refractivity contribution in [2.24, 2.45) is 0 Å². The van der Waals surface area contributed by atoms with Gasteiger partial charge in [-0.2, -0.15) is 0 Å². The Hall–Kier alpha value is -2.05. The van der Waals surface area contributed by atoms with Gasteiger partial charge in [0.05, 0.1) is 5.39 Å². The van der Waals surface area contributed by atoms with Gasteiger partial charge in [-0.1, -0.05) is 0 Å². The number of fused-ring (bicyclic) bond motifs is 1. The minimum absolute atomic E-state index is 0.0128. The van der Waals surface area contributed by atoms with E-state index >= 15 is 0 Å². The summed E-state index contributed by atoms with van der Waals surface area (Å²) in [5.74, 6) is -3.51. The van der Waals surface area contributed by atoms with Crippen molar-refractivity contribution in [3.8, 4) is 0 Å². The van der Waals surface area contributed by atoms with Crippen LogP contribution in [0.4, 0.5) is 24.7 Å². The molecule has 1 saturated carbocycles. The number of aryl methyl sites for hydroxylation is 1. The van der Waals surface area contributed by atoms with Gasteiger partial charge in [0.2, 0.25) is 0 Å². The Bertz CT molecular complexity index is 683. The number of anilines is 2. The predicted molar refractivity (Wildman–Crippen MR) is 65.2 cm³/mol. The minimum atomic E-state index is -1.28. The molecule has 1 aliphatic rings. The zero-order valence-corrected chi connectivity index (χ0v) is 10.1. The molecule has 0 atom stereocenters. The van der Waals surface area contributed by atoms with E-state index in [0.717, 1.165) is 12.8 Å². The van der Waals surface area contributed by atoms with Crippen molar-refractivity contribution in [1.29, 1.82) is 0 Å². The van der Waals surface area contributed by atoms with Crippen molar-refractivity contribution in [2.75, 3.05) is 11.1 Å². The van der Waals surface area contributed by atoms with Crippen LogP contribution in [0, 0.1) is 24.4 Å². The smallest absolute Gasteiger partial charge is 0.185 e. The van der Waals surface area contributed by atoms with Crippen LogP contribution in [0.3, 0.4) is 0 Å². The highest BCUT2D eigenvalue weighted by molar-refractivity contribution is 5.91. The first kappa shape index (κ1) is 12.0. The van der Waals surface area contributed by atoms with Crippen molar-refractivity contribution in [1.82, 2.24) is 9.97 Å². The van der Waals surface area contributed by atoms with Crippen molar-refractivity contribution >= 4 is 22.4 Å². The molecule has 3 N–H and O–H groups in total. The summed E-state index contributed by atoms with van der Waals surface area (Å²) in [5.41, 5.74) is 4.73. The average molecular weight is 268 g/mol. The fraction of sp³-hybridized carbons (Fsp3) is 0.333. The molecule has 2 aromatic rings. The molecule has 0 aliphatic heterocycles. The molecule has 7 heteroatoms. The van der Waals surface area contributed by atoms with E-state index in [1.165, 1.54) is 6.92 Å². The third kappa shape index (κ3) is 1.85. The van der Waals surface area contributed by atoms with Crippen LogP contribution < -0.4 is 11.1 Å². The molecule has 1 heterocycles. The highest BCUT2D eigenvalue weighted by atomic mass is 19.2. The van der Waals surface area contributed by atoms with E-state index in [4.69, 9.17) is 5.73 Å². The van der Waals surface area contributed by atoms with Gasteiger partial charge in [-0.05, 0) is 19.8 Å². The van der Waals surface area contributed by atoms with Gasteiger partial charge in [0.1, 0.15) is 22.8 Å². The number of nitrogens with zero attached hydrogens (tertiary/aromatic N) is 2. The molecular weight excluding hydrogens is 257 g/mol. The van der Waals surface area contributed by atoms with E-state index in [-0.39, 0.29) is 23.2 Å². The summed E-state index contributed by atoms with van der Waals surface area (Å²) in [5, 5.41) is 2.22. The van der Waals surface area contributed by atoms with Crippen molar-refractivity contribution in [3.05, 3.63) is 23.3 Å². The van der Waals surface area contributed by atoms with Crippen molar-refractivity contribution in [3.63, 3.8) is 0 Å². The van der Waals surface area contributed by atoms with E-state index in [2.05, 4.69) is 15.3 Å². The second-order valence-corrected chi connectivity index (χ2v) is 4.62. The van der Waals surface area contributed by atoms with Crippen LogP contribution in [-0.2, 0) is 0 Å². The largest absolute Gasteiger partial charge is 0.383 e. The number of rotatable bonds is 2. The second-order valence-electron chi connectivity index (χ2n) is 4.62. The maximum absolute atomic E-state index is 14.2. The topological polar surface area (TPSA) is 63.8 Å². The van der Waals surface area contributed by atoms with Crippen molar-refractivity contribution in [2.45, 2.75) is 25.8 Å². The Morgan fingerprint density at radius 3 is 2.42 bits per heavy atom. The van der Waals surface area contributed by atoms with E-state index in [0.29, 0.717) is 0 Å². The Morgan fingerprint density at radius 1 is 1.11 bits per heavy atom. The first-order valence-corrected chi connectivity index (χ1v) is 5.86. The van der Waals surface area contributed by atoms with Crippen LogP contribution in [0.5, 0.6) is 0 Å². The number of benzene rings is 1. The zero-order chi connectivity index (χ0) is 13.7. The standard InChI is InChI=1S/C12H11F3N4/c1-4-17-10-6(12(16)18-4)7(13)8(14)11(9(10)15)19-5-2-3-5/h5,19H,2-3H2,1H3,(H2,16,17,18). The lowest BCUT2D eigenvalue weighted by Crippen LogP contribution is -2.10. The number of nitrogens with one attached hydrogen (secondary N) is 1. The Morgan fingerprint density at radius 2 is 1.79 bits per heavy atom. The van der Waals surface area contributed by atoms with E-state index < -0.39 is 28.5 Å². The van der Waals surface area contributed by atoms with Gasteiger partial charge < -0.3 is 11.1 Å². The van der Waals surface area contributed by atoms with Gasteiger partial charge in [0.15, 0.2) is 17.5 Å². The number of halogens is 3. The molecule has 0 bridgehead atoms. The van der Waals surface area contributed by atoms with Gasteiger partial charge in [0.25, 0.3) is 0 Å². The first-order valence-electron chi connectivity index (χ1n) is 5.86. The van der Waals surface area contributed by atoms with Crippen LogP contribution in [0.2, 0.25) is 0 Å². The zero-order valence-electron chi connectivity index (χ0n) is 10.1. The maximum Gasteiger partial charge on any atom is 0.185 e. The van der Waals surface area contributed by atoms with E-state index in [9.17, 15) is 13.2 Å². The third-order valence-corrected chi connectivity index (χ3v) is 3.03. The molecule has 0 amide bonds. The van der Waals surface area contributed by atoms with Crippen molar-refractivity contribution < 1.29 is 13.2 Å². The van der Waals surface area contributed by atoms with Gasteiger partial charge in [-0.15, -0.1) is 0 Å². The lowest BCUT2D eigenvalue weighted by Gasteiger charge is -2.12. The molecule has 1 aromatic heterocycles. The summed E-state index contributed by atoms with van der Waals surface area (Å²) in [4.78, 5) is 7.53. The normalized spacial score (nSPS) is 14.9. The molecular formula is C12H11F3N4. The van der Waals surface area contributed by atoms with Crippen LogP contribution in [0.1, 0.15) is 18.7 Å². The molecule has 0 radical (unpaired) electrons. The number of nitrogens with two attached hydrogens (primary N) is 1. The minimum Gasteiger partial charge on any atom is -0.383 e. The van der Waals surface area contributed by atoms with Crippen LogP contribution in [-0.4, -0.2) is 16.0 Å². The first-order chi connectivity index (χ1) is 8.99. The van der Waals surface area contributed by atoms with Gasteiger partial charge in [0, 0.05) is 6.04 Å². The molecule has 0 saturated heterocycles. The number of hydrogen-bond acceptors (Lipinski definition) is 4. The van der Waals surface area contributed by atoms with Crippen LogP contribution in [0.25, 0.3) is 10.9 Å². The number of hydrogen-bond donors (Lipinski definition) is 2. The summed E-state index contributed by atoms with van der Waals surface area (Å²) >= 11 is 0. The Kier molecular flexibility index (Phi) is 2.51. The molecule has 3 rings (SSSR count). The quantitative estimate of drug-likeness (QED) is 0.821. The lowest BCUT2D eigenvalue weighted by molar-refractivity contribution is 0.508. The summed E-state index contributed by atoms with van der Waals surface area (Å²) in [6.07, 6.45) is 1.62. The molecule has 19 heavy (non-hydrogen) atoms. The summed E-state index contributed by atoms with van der Waals surface area (Å²) in [7, 11) is 0. The Labute approximate surface area is 106 Å². The third-order valence-electron chi connectivity index (χ3n) is 3.03. The summed E-state index contributed by atoms with van der Waals surface area (Å²) < 4.78 is 42.1. The van der Waals surface area contributed by atoms with Crippen LogP contribution in [0.15, 0.2) is 0 Å². The average Bonchev–Trinajstić information content (AvgIpc) is 3.15. The maximum atomic E-state index is 14.2. The summed E-state index contributed by atoms with van der Waals surface area (Å²) in [6.45, 7) is 1.50. The summed E-state index contributed by atoms with van der Waals surface area (Å²) in [6, 6.07) is -0.0128. The van der Waals surface area contributed by atoms with E-state index in [1.54, 1.807) is 0 Å². The van der Waals surface area contributed by atoms with Crippen LogP contribution >= 0.6 is 0 Å². The van der Waals surface area contributed by atoms with Gasteiger partial charge >= 0.3 is 0 Å². The highest BCUT2D eigenvalue weighted by Gasteiger charge is 2.28. The molecule has 1 aromatic carbocycles. The molecule has 4 nitrogen and oxygen atoms in total. The number of nitrogen functional groups attached to an aromatic ring is 1. The fourth-order valence-electron chi connectivity index (χ4n) is 1.96. The van der Waals surface area contributed by atoms with Gasteiger partial charge in [-0.25, -0.2) is 23.1 Å². The number of aromatic nitrogens is 2. The molecule has 0 unspecified atom stereocenters. The molecule has 1 aliphatic carbocycles. The SMILES string of the molecule is Cc1nc(N)c2c(F)c(F)c(NC3CC3)c(F)c2n1.